The van der Waals surface area contributed by atoms with Crippen LogP contribution in [0, 0.1) is 6.92 Å². The lowest BCUT2D eigenvalue weighted by Gasteiger charge is -2.23. The molecule has 6 heteroatoms. The van der Waals surface area contributed by atoms with Gasteiger partial charge in [0.05, 0.1) is 20.1 Å². The lowest BCUT2D eigenvalue weighted by molar-refractivity contribution is -0.117. The van der Waals surface area contributed by atoms with Crippen LogP contribution in [0.5, 0.6) is 5.75 Å². The second-order valence-electron chi connectivity index (χ2n) is 7.00. The van der Waals surface area contributed by atoms with Crippen LogP contribution in [-0.2, 0) is 17.8 Å². The molecule has 1 fully saturated rings. The van der Waals surface area contributed by atoms with Crippen LogP contribution in [0.15, 0.2) is 24.3 Å². The summed E-state index contributed by atoms with van der Waals surface area (Å²) >= 11 is 0. The number of hydrogen-bond acceptors (Lipinski definition) is 5. The number of methoxy groups -OCH3 is 1. The fourth-order valence-electron chi connectivity index (χ4n) is 3.74. The van der Waals surface area contributed by atoms with Crippen LogP contribution in [0.25, 0.3) is 0 Å². The zero-order valence-corrected chi connectivity index (χ0v) is 15.3. The van der Waals surface area contributed by atoms with Crippen molar-refractivity contribution in [3.63, 3.8) is 0 Å². The maximum absolute atomic E-state index is 12.6. The summed E-state index contributed by atoms with van der Waals surface area (Å²) in [7, 11) is 1.65. The summed E-state index contributed by atoms with van der Waals surface area (Å²) in [5, 5.41) is 3.38. The number of anilines is 1. The van der Waals surface area contributed by atoms with Crippen molar-refractivity contribution in [3.8, 4) is 5.75 Å². The van der Waals surface area contributed by atoms with Crippen LogP contribution in [-0.4, -0.2) is 36.1 Å². The number of nitrogens with one attached hydrogen (secondary N) is 1. The van der Waals surface area contributed by atoms with Crippen molar-refractivity contribution in [2.24, 2.45) is 0 Å². The Bertz CT molecular complexity index is 813. The first-order chi connectivity index (χ1) is 12.7. The molecular weight excluding hydrogens is 328 g/mol. The van der Waals surface area contributed by atoms with Crippen LogP contribution in [0.1, 0.15) is 41.4 Å². The smallest absolute Gasteiger partial charge is 0.233 e. The van der Waals surface area contributed by atoms with Crippen LogP contribution in [0.2, 0.25) is 0 Å². The van der Waals surface area contributed by atoms with Gasteiger partial charge >= 0.3 is 0 Å². The number of amides is 1. The Balaban J connectivity index is 1.63. The molecule has 0 unspecified atom stereocenters. The largest absolute Gasteiger partial charge is 0.497 e. The standard InChI is InChI=1S/C20H24N4O2/c1-13-17-11-18(25)24(12-14-3-5-16(26-2)6-4-14)20(17)23-19(22-13)15-7-9-21-10-8-15/h3-6,15,21H,7-12H2,1-2H3. The Labute approximate surface area is 153 Å². The molecule has 0 radical (unpaired) electrons. The number of carbonyl (C=O) groups excluding carboxylic acids is 1. The summed E-state index contributed by atoms with van der Waals surface area (Å²) in [4.78, 5) is 24.0. The normalized spacial score (nSPS) is 17.5. The molecule has 0 bridgehead atoms. The first-order valence-electron chi connectivity index (χ1n) is 9.17. The van der Waals surface area contributed by atoms with E-state index in [9.17, 15) is 4.79 Å². The van der Waals surface area contributed by atoms with Gasteiger partial charge in [0, 0.05) is 17.2 Å². The number of fused-ring (bicyclic) bond motifs is 1. The van der Waals surface area contributed by atoms with Gasteiger partial charge in [0.1, 0.15) is 17.4 Å². The van der Waals surface area contributed by atoms with E-state index in [1.165, 1.54) is 0 Å². The number of ether oxygens (including phenoxy) is 1. The van der Waals surface area contributed by atoms with E-state index in [1.807, 2.05) is 31.2 Å². The molecule has 2 aliphatic rings. The number of aryl methyl sites for hydroxylation is 1. The molecule has 1 amide bonds. The fraction of sp³-hybridized carbons (Fsp3) is 0.450. The van der Waals surface area contributed by atoms with Gasteiger partial charge in [0.15, 0.2) is 0 Å². The highest BCUT2D eigenvalue weighted by molar-refractivity contribution is 6.00. The lowest BCUT2D eigenvalue weighted by Crippen LogP contribution is -2.29. The van der Waals surface area contributed by atoms with Crippen molar-refractivity contribution in [1.82, 2.24) is 15.3 Å². The SMILES string of the molecule is COc1ccc(CN2C(=O)Cc3c(C)nc(C4CCNCC4)nc32)cc1. The van der Waals surface area contributed by atoms with Crippen molar-refractivity contribution in [3.05, 3.63) is 46.9 Å². The molecule has 1 N–H and O–H groups in total. The van der Waals surface area contributed by atoms with E-state index in [-0.39, 0.29) is 5.91 Å². The van der Waals surface area contributed by atoms with E-state index < -0.39 is 0 Å². The molecule has 0 atom stereocenters. The van der Waals surface area contributed by atoms with E-state index in [1.54, 1.807) is 12.0 Å². The first kappa shape index (κ1) is 17.0. The highest BCUT2D eigenvalue weighted by Gasteiger charge is 2.32. The molecule has 26 heavy (non-hydrogen) atoms. The van der Waals surface area contributed by atoms with Crippen LogP contribution in [0.4, 0.5) is 5.82 Å². The zero-order valence-electron chi connectivity index (χ0n) is 15.3. The highest BCUT2D eigenvalue weighted by atomic mass is 16.5. The summed E-state index contributed by atoms with van der Waals surface area (Å²) in [6.07, 6.45) is 2.49. The maximum Gasteiger partial charge on any atom is 0.233 e. The molecule has 3 heterocycles. The second kappa shape index (κ2) is 7.03. The minimum Gasteiger partial charge on any atom is -0.497 e. The van der Waals surface area contributed by atoms with Gasteiger partial charge in [-0.25, -0.2) is 9.97 Å². The molecule has 0 aliphatic carbocycles. The molecule has 1 aromatic heterocycles. The van der Waals surface area contributed by atoms with E-state index in [2.05, 4.69) is 5.32 Å². The van der Waals surface area contributed by atoms with Gasteiger partial charge in [0.25, 0.3) is 0 Å². The number of rotatable bonds is 4. The predicted octanol–water partition coefficient (Wildman–Crippen LogP) is 2.35. The number of piperidine rings is 1. The van der Waals surface area contributed by atoms with Crippen molar-refractivity contribution in [2.75, 3.05) is 25.1 Å². The van der Waals surface area contributed by atoms with Crippen LogP contribution in [0.3, 0.4) is 0 Å². The third-order valence-electron chi connectivity index (χ3n) is 5.30. The summed E-state index contributed by atoms with van der Waals surface area (Å²) in [5.74, 6) is 2.96. The van der Waals surface area contributed by atoms with E-state index in [4.69, 9.17) is 14.7 Å². The second-order valence-corrected chi connectivity index (χ2v) is 7.00. The fourth-order valence-corrected chi connectivity index (χ4v) is 3.74. The highest BCUT2D eigenvalue weighted by Crippen LogP contribution is 2.33. The van der Waals surface area contributed by atoms with E-state index in [0.29, 0.717) is 18.9 Å². The number of hydrogen-bond donors (Lipinski definition) is 1. The van der Waals surface area contributed by atoms with Crippen molar-refractivity contribution >= 4 is 11.7 Å². The number of benzene rings is 1. The molecule has 1 aromatic carbocycles. The number of aromatic nitrogens is 2. The monoisotopic (exact) mass is 352 g/mol. The van der Waals surface area contributed by atoms with Gasteiger partial charge in [0.2, 0.25) is 5.91 Å². The Morgan fingerprint density at radius 3 is 2.62 bits per heavy atom. The molecule has 1 saturated heterocycles. The summed E-state index contributed by atoms with van der Waals surface area (Å²) in [5.41, 5.74) is 2.97. The molecule has 0 saturated carbocycles. The molecule has 0 spiro atoms. The molecule has 4 rings (SSSR count). The van der Waals surface area contributed by atoms with Gasteiger partial charge in [-0.1, -0.05) is 12.1 Å². The van der Waals surface area contributed by atoms with E-state index in [0.717, 1.165) is 60.1 Å². The van der Waals surface area contributed by atoms with Crippen LogP contribution < -0.4 is 15.0 Å². The minimum atomic E-state index is 0.0932. The summed E-state index contributed by atoms with van der Waals surface area (Å²) in [6.45, 7) is 4.52. The van der Waals surface area contributed by atoms with Gasteiger partial charge < -0.3 is 10.1 Å². The van der Waals surface area contributed by atoms with E-state index >= 15 is 0 Å². The molecule has 2 aliphatic heterocycles. The average molecular weight is 352 g/mol. The lowest BCUT2D eigenvalue weighted by atomic mass is 9.97. The number of carbonyl (C=O) groups is 1. The van der Waals surface area contributed by atoms with Gasteiger partial charge in [-0.3, -0.25) is 9.69 Å². The molecular formula is C20H24N4O2. The third kappa shape index (κ3) is 3.17. The van der Waals surface area contributed by atoms with Gasteiger partial charge in [-0.05, 0) is 50.6 Å². The summed E-state index contributed by atoms with van der Waals surface area (Å²) in [6, 6.07) is 7.82. The molecule has 2 aromatic rings. The topological polar surface area (TPSA) is 67.3 Å². The average Bonchev–Trinajstić information content (AvgIpc) is 2.99. The first-order valence-corrected chi connectivity index (χ1v) is 9.17. The van der Waals surface area contributed by atoms with Crippen LogP contribution >= 0.6 is 0 Å². The predicted molar refractivity (Wildman–Crippen MR) is 99.5 cm³/mol. The molecule has 6 nitrogen and oxygen atoms in total. The van der Waals surface area contributed by atoms with Gasteiger partial charge in [-0.15, -0.1) is 0 Å². The van der Waals surface area contributed by atoms with Gasteiger partial charge in [-0.2, -0.15) is 0 Å². The minimum absolute atomic E-state index is 0.0932. The zero-order chi connectivity index (χ0) is 18.1. The molecule has 136 valence electrons. The Kier molecular flexibility index (Phi) is 4.59. The van der Waals surface area contributed by atoms with Crippen molar-refractivity contribution in [1.29, 1.82) is 0 Å². The third-order valence-corrected chi connectivity index (χ3v) is 5.30. The maximum atomic E-state index is 12.6. The quantitative estimate of drug-likeness (QED) is 0.915. The van der Waals surface area contributed by atoms with Crippen molar-refractivity contribution in [2.45, 2.75) is 38.6 Å². The number of nitrogens with zero attached hydrogens (tertiary/aromatic N) is 3. The Hall–Kier alpha value is -2.47. The summed E-state index contributed by atoms with van der Waals surface area (Å²) < 4.78 is 5.21. The Morgan fingerprint density at radius 1 is 1.19 bits per heavy atom. The van der Waals surface area contributed by atoms with Crippen molar-refractivity contribution < 1.29 is 9.53 Å². The Morgan fingerprint density at radius 2 is 1.92 bits per heavy atom.